The number of anilines is 1. The average Bonchev–Trinajstić information content (AvgIpc) is 2.39. The van der Waals surface area contributed by atoms with E-state index >= 15 is 0 Å². The third-order valence-electron chi connectivity index (χ3n) is 3.43. The lowest BCUT2D eigenvalue weighted by molar-refractivity contribution is -0.137. The Balaban J connectivity index is 2.33. The zero-order valence-corrected chi connectivity index (χ0v) is 11.2. The monoisotopic (exact) mass is 292 g/mol. The van der Waals surface area contributed by atoms with Crippen molar-refractivity contribution in [3.8, 4) is 0 Å². The Kier molecular flexibility index (Phi) is 4.55. The van der Waals surface area contributed by atoms with E-state index in [1.165, 1.54) is 12.3 Å². The van der Waals surface area contributed by atoms with Crippen molar-refractivity contribution in [2.75, 3.05) is 17.3 Å². The van der Waals surface area contributed by atoms with E-state index in [0.717, 1.165) is 25.3 Å². The lowest BCUT2D eigenvalue weighted by Gasteiger charge is -2.37. The molecule has 6 heteroatoms. The molecular weight excluding hydrogens is 277 g/mol. The quantitative estimate of drug-likeness (QED) is 0.780. The molecule has 2 rings (SSSR count). The maximum atomic E-state index is 13.0. The zero-order chi connectivity index (χ0) is 13.9. The second kappa shape index (κ2) is 5.99. The Morgan fingerprint density at radius 2 is 2.16 bits per heavy atom. The van der Waals surface area contributed by atoms with E-state index in [0.29, 0.717) is 18.8 Å². The third kappa shape index (κ3) is 3.32. The van der Waals surface area contributed by atoms with Gasteiger partial charge in [-0.3, -0.25) is 0 Å². The summed E-state index contributed by atoms with van der Waals surface area (Å²) in [7, 11) is 0. The highest BCUT2D eigenvalue weighted by Crippen LogP contribution is 2.37. The topological polar surface area (TPSA) is 16.1 Å². The molecule has 0 spiro atoms. The smallest absolute Gasteiger partial charge is 0.353 e. The van der Waals surface area contributed by atoms with E-state index < -0.39 is 11.7 Å². The van der Waals surface area contributed by atoms with Gasteiger partial charge in [-0.15, -0.1) is 11.6 Å². The van der Waals surface area contributed by atoms with E-state index in [-0.39, 0.29) is 11.9 Å². The van der Waals surface area contributed by atoms with Crippen LogP contribution in [0.5, 0.6) is 0 Å². The highest BCUT2D eigenvalue weighted by molar-refractivity contribution is 6.17. The van der Waals surface area contributed by atoms with Crippen molar-refractivity contribution in [1.29, 1.82) is 0 Å². The van der Waals surface area contributed by atoms with Gasteiger partial charge in [-0.1, -0.05) is 0 Å². The number of alkyl halides is 4. The molecule has 1 atom stereocenters. The van der Waals surface area contributed by atoms with Gasteiger partial charge in [-0.25, -0.2) is 4.98 Å². The fourth-order valence-electron chi connectivity index (χ4n) is 2.55. The normalized spacial score (nSPS) is 20.6. The zero-order valence-electron chi connectivity index (χ0n) is 10.5. The molecule has 1 aromatic heterocycles. The van der Waals surface area contributed by atoms with Crippen LogP contribution >= 0.6 is 11.6 Å². The van der Waals surface area contributed by atoms with Crippen LogP contribution in [0, 0.1) is 0 Å². The molecule has 0 N–H and O–H groups in total. The Hall–Kier alpha value is -0.970. The van der Waals surface area contributed by atoms with Crippen molar-refractivity contribution in [3.05, 3.63) is 23.9 Å². The van der Waals surface area contributed by atoms with Gasteiger partial charge in [0.15, 0.2) is 0 Å². The molecule has 1 aliphatic heterocycles. The largest absolute Gasteiger partial charge is 0.419 e. The van der Waals surface area contributed by atoms with Crippen molar-refractivity contribution < 1.29 is 13.2 Å². The number of hydrogen-bond donors (Lipinski definition) is 0. The van der Waals surface area contributed by atoms with Crippen LogP contribution in [0.2, 0.25) is 0 Å². The molecule has 0 amide bonds. The van der Waals surface area contributed by atoms with Gasteiger partial charge in [-0.05, 0) is 37.8 Å². The predicted octanol–water partition coefficient (Wildman–Crippen LogP) is 4.09. The van der Waals surface area contributed by atoms with Crippen LogP contribution in [0.1, 0.15) is 31.2 Å². The van der Waals surface area contributed by atoms with Gasteiger partial charge in [0.2, 0.25) is 0 Å². The fraction of sp³-hybridized carbons (Fsp3) is 0.615. The number of hydrogen-bond acceptors (Lipinski definition) is 2. The van der Waals surface area contributed by atoms with Crippen molar-refractivity contribution >= 4 is 17.4 Å². The number of piperidine rings is 1. The number of pyridine rings is 1. The Morgan fingerprint density at radius 3 is 2.84 bits per heavy atom. The van der Waals surface area contributed by atoms with Crippen molar-refractivity contribution in [2.24, 2.45) is 0 Å². The summed E-state index contributed by atoms with van der Waals surface area (Å²) in [6, 6.07) is 2.48. The van der Waals surface area contributed by atoms with E-state index in [9.17, 15) is 13.2 Å². The van der Waals surface area contributed by atoms with Gasteiger partial charge < -0.3 is 4.90 Å². The minimum absolute atomic E-state index is 0.0461. The molecule has 0 bridgehead atoms. The molecular formula is C13H16ClF3N2. The summed E-state index contributed by atoms with van der Waals surface area (Å²) < 4.78 is 39.1. The van der Waals surface area contributed by atoms with Crippen molar-refractivity contribution in [1.82, 2.24) is 4.98 Å². The van der Waals surface area contributed by atoms with Crippen LogP contribution < -0.4 is 4.90 Å². The molecule has 0 saturated carbocycles. The second-order valence-corrected chi connectivity index (χ2v) is 5.07. The lowest BCUT2D eigenvalue weighted by atomic mass is 9.99. The third-order valence-corrected chi connectivity index (χ3v) is 3.65. The van der Waals surface area contributed by atoms with Gasteiger partial charge in [0.05, 0.1) is 5.56 Å². The molecule has 1 unspecified atom stereocenters. The highest BCUT2D eigenvalue weighted by Gasteiger charge is 2.37. The van der Waals surface area contributed by atoms with E-state index in [2.05, 4.69) is 4.98 Å². The van der Waals surface area contributed by atoms with Gasteiger partial charge in [0, 0.05) is 24.7 Å². The first-order chi connectivity index (χ1) is 9.04. The molecule has 0 aliphatic carbocycles. The molecule has 0 aromatic carbocycles. The summed E-state index contributed by atoms with van der Waals surface area (Å²) in [5.74, 6) is 0.500. The number of rotatable bonds is 3. The summed E-state index contributed by atoms with van der Waals surface area (Å²) in [5.41, 5.74) is -0.656. The van der Waals surface area contributed by atoms with E-state index in [4.69, 9.17) is 11.6 Å². The number of halogens is 4. The first kappa shape index (κ1) is 14.4. The van der Waals surface area contributed by atoms with Gasteiger partial charge in [-0.2, -0.15) is 13.2 Å². The van der Waals surface area contributed by atoms with Crippen LogP contribution in [0.25, 0.3) is 0 Å². The summed E-state index contributed by atoms with van der Waals surface area (Å²) in [4.78, 5) is 5.74. The molecule has 2 nitrogen and oxygen atoms in total. The minimum Gasteiger partial charge on any atom is -0.353 e. The molecule has 1 aliphatic rings. The second-order valence-electron chi connectivity index (χ2n) is 4.69. The maximum absolute atomic E-state index is 13.0. The average molecular weight is 293 g/mol. The fourth-order valence-corrected chi connectivity index (χ4v) is 2.80. The molecule has 19 heavy (non-hydrogen) atoms. The SMILES string of the molecule is FC(F)(F)c1cccnc1N1CCCCC1CCCl. The Labute approximate surface area is 115 Å². The summed E-state index contributed by atoms with van der Waals surface area (Å²) in [6.45, 7) is 0.613. The van der Waals surface area contributed by atoms with Crippen LogP contribution in [0.3, 0.4) is 0 Å². The summed E-state index contributed by atoms with van der Waals surface area (Å²) >= 11 is 5.75. The van der Waals surface area contributed by atoms with Gasteiger partial charge >= 0.3 is 6.18 Å². The Morgan fingerprint density at radius 1 is 1.37 bits per heavy atom. The van der Waals surface area contributed by atoms with Crippen LogP contribution in [0.15, 0.2) is 18.3 Å². The first-order valence-electron chi connectivity index (χ1n) is 6.39. The molecule has 106 valence electrons. The molecule has 1 aromatic rings. The van der Waals surface area contributed by atoms with Gasteiger partial charge in [0.1, 0.15) is 5.82 Å². The summed E-state index contributed by atoms with van der Waals surface area (Å²) in [5, 5.41) is 0. The van der Waals surface area contributed by atoms with Crippen molar-refractivity contribution in [3.63, 3.8) is 0 Å². The van der Waals surface area contributed by atoms with Crippen molar-refractivity contribution in [2.45, 2.75) is 37.9 Å². The van der Waals surface area contributed by atoms with Crippen LogP contribution in [-0.4, -0.2) is 23.5 Å². The number of nitrogens with zero attached hydrogens (tertiary/aromatic N) is 2. The Bertz CT molecular complexity index is 421. The first-order valence-corrected chi connectivity index (χ1v) is 6.92. The standard InChI is InChI=1S/C13H16ClF3N2/c14-7-6-10-4-1-2-9-19(10)12-11(13(15,16)17)5-3-8-18-12/h3,5,8,10H,1-2,4,6-7,9H2. The van der Waals surface area contributed by atoms with E-state index in [1.54, 1.807) is 4.90 Å². The lowest BCUT2D eigenvalue weighted by Crippen LogP contribution is -2.41. The van der Waals surface area contributed by atoms with Crippen LogP contribution in [-0.2, 0) is 6.18 Å². The van der Waals surface area contributed by atoms with Crippen LogP contribution in [0.4, 0.5) is 19.0 Å². The molecule has 0 radical (unpaired) electrons. The molecule has 1 fully saturated rings. The highest BCUT2D eigenvalue weighted by atomic mass is 35.5. The number of aromatic nitrogens is 1. The minimum atomic E-state index is -4.37. The molecule has 2 heterocycles. The maximum Gasteiger partial charge on any atom is 0.419 e. The predicted molar refractivity (Wildman–Crippen MR) is 69.6 cm³/mol. The summed E-state index contributed by atoms with van der Waals surface area (Å²) in [6.07, 6.45) is 0.540. The van der Waals surface area contributed by atoms with Gasteiger partial charge in [0.25, 0.3) is 0 Å². The molecule has 1 saturated heterocycles. The van der Waals surface area contributed by atoms with E-state index in [1.807, 2.05) is 0 Å².